The lowest BCUT2D eigenvalue weighted by molar-refractivity contribution is 0.450. The molecule has 0 bridgehead atoms. The third kappa shape index (κ3) is 2.27. The Morgan fingerprint density at radius 1 is 1.15 bits per heavy atom. The highest BCUT2D eigenvalue weighted by molar-refractivity contribution is 5.72. The summed E-state index contributed by atoms with van der Waals surface area (Å²) in [6, 6.07) is 8.65. The van der Waals surface area contributed by atoms with Crippen LogP contribution in [-0.4, -0.2) is 22.9 Å². The van der Waals surface area contributed by atoms with Crippen molar-refractivity contribution in [2.75, 3.05) is 13.1 Å². The summed E-state index contributed by atoms with van der Waals surface area (Å²) in [5.74, 6) is 0.589. The Labute approximate surface area is 121 Å². The smallest absolute Gasteiger partial charge is 0.0737 e. The molecule has 106 valence electrons. The van der Waals surface area contributed by atoms with E-state index in [1.165, 1.54) is 40.9 Å². The molecule has 1 saturated heterocycles. The number of piperidine rings is 1. The molecule has 1 aromatic heterocycles. The molecule has 1 aromatic carbocycles. The maximum atomic E-state index is 4.84. The minimum absolute atomic E-state index is 0.589. The van der Waals surface area contributed by atoms with Gasteiger partial charge in [0, 0.05) is 24.2 Å². The van der Waals surface area contributed by atoms with Crippen molar-refractivity contribution in [2.24, 2.45) is 7.05 Å². The number of nitrogens with one attached hydrogen (secondary N) is 1. The van der Waals surface area contributed by atoms with Crippen LogP contribution >= 0.6 is 0 Å². The van der Waals surface area contributed by atoms with Crippen LogP contribution in [0.3, 0.4) is 0 Å². The van der Waals surface area contributed by atoms with Crippen molar-refractivity contribution >= 4 is 0 Å². The van der Waals surface area contributed by atoms with Crippen LogP contribution in [0.25, 0.3) is 11.1 Å². The first-order valence-corrected chi connectivity index (χ1v) is 7.48. The maximum Gasteiger partial charge on any atom is 0.0737 e. The topological polar surface area (TPSA) is 29.9 Å². The van der Waals surface area contributed by atoms with E-state index in [-0.39, 0.29) is 0 Å². The second-order valence-electron chi connectivity index (χ2n) is 5.81. The minimum Gasteiger partial charge on any atom is -0.317 e. The van der Waals surface area contributed by atoms with Gasteiger partial charge in [-0.25, -0.2) is 0 Å². The van der Waals surface area contributed by atoms with Gasteiger partial charge >= 0.3 is 0 Å². The van der Waals surface area contributed by atoms with E-state index in [1.54, 1.807) is 0 Å². The van der Waals surface area contributed by atoms with Gasteiger partial charge in [0.25, 0.3) is 0 Å². The van der Waals surface area contributed by atoms with Crippen LogP contribution in [0, 0.1) is 13.8 Å². The largest absolute Gasteiger partial charge is 0.317 e. The van der Waals surface area contributed by atoms with Gasteiger partial charge in [-0.3, -0.25) is 4.68 Å². The zero-order valence-electron chi connectivity index (χ0n) is 12.6. The zero-order valence-corrected chi connectivity index (χ0v) is 12.6. The highest BCUT2D eigenvalue weighted by Gasteiger charge is 2.24. The molecule has 3 rings (SSSR count). The lowest BCUT2D eigenvalue weighted by Crippen LogP contribution is -2.27. The van der Waals surface area contributed by atoms with Crippen LogP contribution in [0.1, 0.15) is 35.7 Å². The van der Waals surface area contributed by atoms with E-state index in [1.807, 2.05) is 4.68 Å². The first-order valence-electron chi connectivity index (χ1n) is 7.48. The average Bonchev–Trinajstić information content (AvgIpc) is 2.77. The van der Waals surface area contributed by atoms with Crippen LogP contribution in [0.15, 0.2) is 24.3 Å². The first-order chi connectivity index (χ1) is 9.68. The summed E-state index contributed by atoms with van der Waals surface area (Å²) in [4.78, 5) is 0. The van der Waals surface area contributed by atoms with Gasteiger partial charge in [-0.05, 0) is 50.9 Å². The summed E-state index contributed by atoms with van der Waals surface area (Å²) in [6.07, 6.45) is 2.38. The fourth-order valence-electron chi connectivity index (χ4n) is 3.20. The molecule has 1 aliphatic heterocycles. The lowest BCUT2D eigenvalue weighted by Gasteiger charge is -2.22. The number of hydrogen-bond acceptors (Lipinski definition) is 2. The second-order valence-corrected chi connectivity index (χ2v) is 5.81. The van der Waals surface area contributed by atoms with Gasteiger partial charge in [0.05, 0.1) is 5.69 Å². The predicted octanol–water partition coefficient (Wildman–Crippen LogP) is 3.17. The SMILES string of the molecule is Cc1ccccc1-c1c(C2CCNCC2)nn(C)c1C. The second kappa shape index (κ2) is 5.41. The fraction of sp³-hybridized carbons (Fsp3) is 0.471. The van der Waals surface area contributed by atoms with Crippen LogP contribution in [0.4, 0.5) is 0 Å². The van der Waals surface area contributed by atoms with Crippen LogP contribution in [-0.2, 0) is 7.05 Å². The van der Waals surface area contributed by atoms with Gasteiger partial charge in [-0.2, -0.15) is 5.10 Å². The van der Waals surface area contributed by atoms with Gasteiger partial charge in [-0.1, -0.05) is 24.3 Å². The summed E-state index contributed by atoms with van der Waals surface area (Å²) in [5.41, 5.74) is 6.59. The Morgan fingerprint density at radius 3 is 2.55 bits per heavy atom. The van der Waals surface area contributed by atoms with E-state index < -0.39 is 0 Å². The lowest BCUT2D eigenvalue weighted by atomic mass is 9.88. The number of benzene rings is 1. The molecule has 0 spiro atoms. The van der Waals surface area contributed by atoms with Crippen LogP contribution < -0.4 is 5.32 Å². The van der Waals surface area contributed by atoms with Crippen molar-refractivity contribution in [1.29, 1.82) is 0 Å². The molecular weight excluding hydrogens is 246 g/mol. The molecule has 2 heterocycles. The Morgan fingerprint density at radius 2 is 1.85 bits per heavy atom. The third-order valence-corrected chi connectivity index (χ3v) is 4.50. The molecule has 1 N–H and O–H groups in total. The summed E-state index contributed by atoms with van der Waals surface area (Å²) >= 11 is 0. The van der Waals surface area contributed by atoms with Gasteiger partial charge < -0.3 is 5.32 Å². The number of rotatable bonds is 2. The van der Waals surface area contributed by atoms with Crippen LogP contribution in [0.5, 0.6) is 0 Å². The van der Waals surface area contributed by atoms with Gasteiger partial charge in [0.1, 0.15) is 0 Å². The van der Waals surface area contributed by atoms with Crippen molar-refractivity contribution in [3.63, 3.8) is 0 Å². The van der Waals surface area contributed by atoms with Crippen molar-refractivity contribution in [3.05, 3.63) is 41.2 Å². The maximum absolute atomic E-state index is 4.84. The molecule has 0 aliphatic carbocycles. The van der Waals surface area contributed by atoms with Crippen molar-refractivity contribution in [2.45, 2.75) is 32.6 Å². The monoisotopic (exact) mass is 269 g/mol. The highest BCUT2D eigenvalue weighted by atomic mass is 15.3. The number of aromatic nitrogens is 2. The molecule has 1 aliphatic rings. The Hall–Kier alpha value is -1.61. The fourth-order valence-corrected chi connectivity index (χ4v) is 3.20. The van der Waals surface area contributed by atoms with E-state index in [4.69, 9.17) is 5.10 Å². The molecule has 1 fully saturated rings. The Bertz CT molecular complexity index is 607. The minimum atomic E-state index is 0.589. The Kier molecular flexibility index (Phi) is 3.62. The highest BCUT2D eigenvalue weighted by Crippen LogP contribution is 2.36. The molecule has 0 atom stereocenters. The van der Waals surface area contributed by atoms with Crippen molar-refractivity contribution < 1.29 is 0 Å². The molecule has 20 heavy (non-hydrogen) atoms. The standard InChI is InChI=1S/C17H23N3/c1-12-6-4-5-7-15(12)16-13(2)20(3)19-17(16)14-8-10-18-11-9-14/h4-7,14,18H,8-11H2,1-3H3. The van der Waals surface area contributed by atoms with Crippen LogP contribution in [0.2, 0.25) is 0 Å². The third-order valence-electron chi connectivity index (χ3n) is 4.50. The summed E-state index contributed by atoms with van der Waals surface area (Å²) in [6.45, 7) is 6.58. The Balaban J connectivity index is 2.12. The average molecular weight is 269 g/mol. The molecular formula is C17H23N3. The van der Waals surface area contributed by atoms with E-state index >= 15 is 0 Å². The van der Waals surface area contributed by atoms with Gasteiger partial charge in [0.2, 0.25) is 0 Å². The molecule has 3 nitrogen and oxygen atoms in total. The van der Waals surface area contributed by atoms with Gasteiger partial charge in [-0.15, -0.1) is 0 Å². The number of nitrogens with zero attached hydrogens (tertiary/aromatic N) is 2. The summed E-state index contributed by atoms with van der Waals surface area (Å²) in [7, 11) is 2.06. The van der Waals surface area contributed by atoms with E-state index in [0.717, 1.165) is 13.1 Å². The zero-order chi connectivity index (χ0) is 14.1. The van der Waals surface area contributed by atoms with E-state index in [2.05, 4.69) is 50.5 Å². The van der Waals surface area contributed by atoms with Crippen molar-refractivity contribution in [1.82, 2.24) is 15.1 Å². The van der Waals surface area contributed by atoms with E-state index in [9.17, 15) is 0 Å². The quantitative estimate of drug-likeness (QED) is 0.907. The summed E-state index contributed by atoms with van der Waals surface area (Å²) < 4.78 is 2.04. The normalized spacial score (nSPS) is 16.6. The van der Waals surface area contributed by atoms with Crippen molar-refractivity contribution in [3.8, 4) is 11.1 Å². The van der Waals surface area contributed by atoms with E-state index in [0.29, 0.717) is 5.92 Å². The predicted molar refractivity (Wildman–Crippen MR) is 83.0 cm³/mol. The molecule has 0 amide bonds. The van der Waals surface area contributed by atoms with Gasteiger partial charge in [0.15, 0.2) is 0 Å². The molecule has 2 aromatic rings. The molecule has 0 unspecified atom stereocenters. The first kappa shape index (κ1) is 13.4. The number of aryl methyl sites for hydroxylation is 2. The molecule has 0 saturated carbocycles. The molecule has 3 heteroatoms. The molecule has 0 radical (unpaired) electrons. The summed E-state index contributed by atoms with van der Waals surface area (Å²) in [5, 5.41) is 8.28. The number of hydrogen-bond donors (Lipinski definition) is 1.